The fourth-order valence-corrected chi connectivity index (χ4v) is 1.62. The van der Waals surface area contributed by atoms with E-state index in [0.717, 1.165) is 12.0 Å². The number of pyridine rings is 1. The molecule has 1 atom stereocenters. The third-order valence-electron chi connectivity index (χ3n) is 2.59. The Morgan fingerprint density at radius 1 is 1.40 bits per heavy atom. The lowest BCUT2D eigenvalue weighted by atomic mass is 9.93. The lowest BCUT2D eigenvalue weighted by molar-refractivity contribution is -0.0722. The Morgan fingerprint density at radius 2 is 2.13 bits per heavy atom. The lowest BCUT2D eigenvalue weighted by Crippen LogP contribution is -2.33. The average molecular weight is 211 g/mol. The predicted molar refractivity (Wildman–Crippen MR) is 56.8 cm³/mol. The topological polar surface area (TPSA) is 51.6 Å². The first kappa shape index (κ1) is 11.9. The number of rotatable bonds is 5. The molecule has 1 unspecified atom stereocenters. The average Bonchev–Trinajstić information content (AvgIpc) is 2.26. The van der Waals surface area contributed by atoms with Gasteiger partial charge < -0.3 is 14.6 Å². The van der Waals surface area contributed by atoms with Gasteiger partial charge >= 0.3 is 0 Å². The minimum atomic E-state index is -0.527. The molecule has 0 amide bonds. The van der Waals surface area contributed by atoms with Crippen molar-refractivity contribution >= 4 is 0 Å². The maximum Gasteiger partial charge on any atom is 0.134 e. The van der Waals surface area contributed by atoms with Crippen molar-refractivity contribution in [3.63, 3.8) is 0 Å². The molecule has 0 fully saturated rings. The van der Waals surface area contributed by atoms with Crippen LogP contribution in [-0.2, 0) is 15.1 Å². The van der Waals surface area contributed by atoms with E-state index in [9.17, 15) is 5.11 Å². The van der Waals surface area contributed by atoms with Gasteiger partial charge in [0.1, 0.15) is 11.4 Å². The minimum absolute atomic E-state index is 0.137. The molecule has 15 heavy (non-hydrogen) atoms. The highest BCUT2D eigenvalue weighted by atomic mass is 16.5. The van der Waals surface area contributed by atoms with E-state index in [2.05, 4.69) is 4.98 Å². The highest BCUT2D eigenvalue weighted by Crippen LogP contribution is 2.30. The standard InChI is InChI=1S/C11H17NO3/c1-4-11(15-3,8-14-2)9-5-10(13)7-12-6-9/h5-7,13H,4,8H2,1-3H3. The van der Waals surface area contributed by atoms with Gasteiger partial charge in [-0.2, -0.15) is 0 Å². The maximum absolute atomic E-state index is 9.38. The number of methoxy groups -OCH3 is 2. The number of nitrogens with zero attached hydrogens (tertiary/aromatic N) is 1. The summed E-state index contributed by atoms with van der Waals surface area (Å²) >= 11 is 0. The smallest absolute Gasteiger partial charge is 0.134 e. The van der Waals surface area contributed by atoms with Gasteiger partial charge in [0.05, 0.1) is 12.8 Å². The second kappa shape index (κ2) is 5.09. The first-order chi connectivity index (χ1) is 7.18. The van der Waals surface area contributed by atoms with Crippen LogP contribution in [-0.4, -0.2) is 30.9 Å². The number of hydrogen-bond acceptors (Lipinski definition) is 4. The van der Waals surface area contributed by atoms with Crippen LogP contribution in [0.1, 0.15) is 18.9 Å². The Labute approximate surface area is 89.9 Å². The van der Waals surface area contributed by atoms with Gasteiger partial charge in [0, 0.05) is 26.0 Å². The van der Waals surface area contributed by atoms with Crippen LogP contribution in [0.15, 0.2) is 18.5 Å². The zero-order valence-corrected chi connectivity index (χ0v) is 9.36. The van der Waals surface area contributed by atoms with Crippen molar-refractivity contribution in [3.8, 4) is 5.75 Å². The summed E-state index contributed by atoms with van der Waals surface area (Å²) in [5.41, 5.74) is 0.301. The second-order valence-electron chi connectivity index (χ2n) is 3.42. The third kappa shape index (κ3) is 2.46. The molecule has 4 heteroatoms. The number of hydrogen-bond donors (Lipinski definition) is 1. The normalized spacial score (nSPS) is 14.9. The van der Waals surface area contributed by atoms with E-state index < -0.39 is 5.60 Å². The summed E-state index contributed by atoms with van der Waals surface area (Å²) in [6.45, 7) is 2.44. The molecule has 84 valence electrons. The van der Waals surface area contributed by atoms with E-state index in [0.29, 0.717) is 6.61 Å². The molecule has 1 aromatic heterocycles. The van der Waals surface area contributed by atoms with E-state index >= 15 is 0 Å². The van der Waals surface area contributed by atoms with Gasteiger partial charge in [-0.15, -0.1) is 0 Å². The van der Waals surface area contributed by atoms with E-state index in [1.54, 1.807) is 26.5 Å². The molecule has 0 aliphatic heterocycles. The van der Waals surface area contributed by atoms with Crippen molar-refractivity contribution in [1.82, 2.24) is 4.98 Å². The summed E-state index contributed by atoms with van der Waals surface area (Å²) in [6, 6.07) is 1.65. The molecule has 0 aliphatic carbocycles. The Kier molecular flexibility index (Phi) is 4.05. The molecule has 0 aromatic carbocycles. The molecule has 1 rings (SSSR count). The SMILES string of the molecule is CCC(COC)(OC)c1cncc(O)c1. The molecule has 1 heterocycles. The molecule has 0 bridgehead atoms. The monoisotopic (exact) mass is 211 g/mol. The van der Waals surface area contributed by atoms with Crippen LogP contribution in [0.25, 0.3) is 0 Å². The van der Waals surface area contributed by atoms with E-state index in [1.807, 2.05) is 6.92 Å². The number of aromatic nitrogens is 1. The Morgan fingerprint density at radius 3 is 2.60 bits per heavy atom. The predicted octanol–water partition coefficient (Wildman–Crippen LogP) is 1.69. The minimum Gasteiger partial charge on any atom is -0.506 e. The molecule has 1 N–H and O–H groups in total. The van der Waals surface area contributed by atoms with Crippen molar-refractivity contribution in [2.75, 3.05) is 20.8 Å². The second-order valence-corrected chi connectivity index (χ2v) is 3.42. The van der Waals surface area contributed by atoms with Gasteiger partial charge in [0.2, 0.25) is 0 Å². The summed E-state index contributed by atoms with van der Waals surface area (Å²) in [5, 5.41) is 9.38. The molecule has 0 saturated heterocycles. The van der Waals surface area contributed by atoms with Gasteiger partial charge in [0.15, 0.2) is 0 Å². The van der Waals surface area contributed by atoms with E-state index in [1.165, 1.54) is 6.20 Å². The van der Waals surface area contributed by atoms with Gasteiger partial charge in [-0.1, -0.05) is 6.92 Å². The maximum atomic E-state index is 9.38. The van der Waals surface area contributed by atoms with Crippen molar-refractivity contribution in [2.45, 2.75) is 18.9 Å². The molecule has 0 aliphatic rings. The van der Waals surface area contributed by atoms with Crippen LogP contribution in [0, 0.1) is 0 Å². The highest BCUT2D eigenvalue weighted by Gasteiger charge is 2.30. The summed E-state index contributed by atoms with van der Waals surface area (Å²) < 4.78 is 10.6. The molecular weight excluding hydrogens is 194 g/mol. The summed E-state index contributed by atoms with van der Waals surface area (Å²) in [6.07, 6.45) is 3.83. The zero-order chi connectivity index (χ0) is 11.3. The molecule has 0 saturated carbocycles. The molecule has 0 spiro atoms. The van der Waals surface area contributed by atoms with E-state index in [-0.39, 0.29) is 5.75 Å². The van der Waals surface area contributed by atoms with Gasteiger partial charge in [-0.05, 0) is 12.5 Å². The van der Waals surface area contributed by atoms with Gasteiger partial charge in [0.25, 0.3) is 0 Å². The van der Waals surface area contributed by atoms with Crippen LogP contribution < -0.4 is 0 Å². The Bertz CT molecular complexity index is 310. The molecule has 4 nitrogen and oxygen atoms in total. The van der Waals surface area contributed by atoms with Crippen molar-refractivity contribution < 1.29 is 14.6 Å². The zero-order valence-electron chi connectivity index (χ0n) is 9.36. The lowest BCUT2D eigenvalue weighted by Gasteiger charge is -2.30. The Hall–Kier alpha value is -1.13. The Balaban J connectivity index is 3.07. The highest BCUT2D eigenvalue weighted by molar-refractivity contribution is 5.27. The van der Waals surface area contributed by atoms with Crippen molar-refractivity contribution in [3.05, 3.63) is 24.0 Å². The molecule has 1 aromatic rings. The number of ether oxygens (including phenoxy) is 2. The van der Waals surface area contributed by atoms with Gasteiger partial charge in [-0.25, -0.2) is 0 Å². The van der Waals surface area contributed by atoms with Crippen molar-refractivity contribution in [1.29, 1.82) is 0 Å². The quantitative estimate of drug-likeness (QED) is 0.805. The van der Waals surface area contributed by atoms with E-state index in [4.69, 9.17) is 9.47 Å². The molecule has 0 radical (unpaired) electrons. The van der Waals surface area contributed by atoms with Crippen LogP contribution in [0.2, 0.25) is 0 Å². The third-order valence-corrected chi connectivity index (χ3v) is 2.59. The van der Waals surface area contributed by atoms with Crippen LogP contribution in [0.4, 0.5) is 0 Å². The van der Waals surface area contributed by atoms with Crippen molar-refractivity contribution in [2.24, 2.45) is 0 Å². The fraction of sp³-hybridized carbons (Fsp3) is 0.545. The first-order valence-corrected chi connectivity index (χ1v) is 4.87. The summed E-state index contributed by atoms with van der Waals surface area (Å²) in [7, 11) is 3.26. The molecular formula is C11H17NO3. The fourth-order valence-electron chi connectivity index (χ4n) is 1.62. The van der Waals surface area contributed by atoms with Crippen LogP contribution in [0.5, 0.6) is 5.75 Å². The first-order valence-electron chi connectivity index (χ1n) is 4.87. The summed E-state index contributed by atoms with van der Waals surface area (Å²) in [4.78, 5) is 3.94. The van der Waals surface area contributed by atoms with Crippen LogP contribution in [0.3, 0.4) is 0 Å². The largest absolute Gasteiger partial charge is 0.506 e. The summed E-state index contributed by atoms with van der Waals surface area (Å²) in [5.74, 6) is 0.137. The number of aromatic hydroxyl groups is 1. The van der Waals surface area contributed by atoms with Crippen LogP contribution >= 0.6 is 0 Å². The van der Waals surface area contributed by atoms with Gasteiger partial charge in [-0.3, -0.25) is 4.98 Å².